The highest BCUT2D eigenvalue weighted by Crippen LogP contribution is 2.32. The van der Waals surface area contributed by atoms with Crippen LogP contribution in [0.5, 0.6) is 0 Å². The van der Waals surface area contributed by atoms with Crippen LogP contribution in [0.1, 0.15) is 0 Å². The summed E-state index contributed by atoms with van der Waals surface area (Å²) >= 11 is 7.10. The number of nitrogens with one attached hydrogen (secondary N) is 1. The van der Waals surface area contributed by atoms with Gasteiger partial charge in [-0.25, -0.2) is 4.98 Å². The number of amides is 1. The van der Waals surface area contributed by atoms with Gasteiger partial charge in [-0.05, 0) is 42.1 Å². The normalized spacial score (nSPS) is 10.4. The van der Waals surface area contributed by atoms with Crippen molar-refractivity contribution in [2.45, 2.75) is 0 Å². The number of hydrogen-bond donors (Lipinski definition) is 1. The lowest BCUT2D eigenvalue weighted by Crippen LogP contribution is -2.13. The summed E-state index contributed by atoms with van der Waals surface area (Å²) in [6, 6.07) is 12.5. The van der Waals surface area contributed by atoms with Crippen molar-refractivity contribution in [3.63, 3.8) is 0 Å². The molecule has 0 saturated carbocycles. The van der Waals surface area contributed by atoms with Crippen LogP contribution in [0.2, 0.25) is 5.02 Å². The van der Waals surface area contributed by atoms with E-state index in [1.165, 1.54) is 0 Å². The van der Waals surface area contributed by atoms with E-state index in [9.17, 15) is 4.79 Å². The van der Waals surface area contributed by atoms with E-state index in [-0.39, 0.29) is 11.7 Å². The zero-order chi connectivity index (χ0) is 16.2. The second-order valence-corrected chi connectivity index (χ2v) is 5.78. The van der Waals surface area contributed by atoms with Gasteiger partial charge in [0, 0.05) is 5.69 Å². The van der Waals surface area contributed by atoms with E-state index in [4.69, 9.17) is 21.3 Å². The number of nitrogens with zero attached hydrogens (tertiary/aromatic N) is 2. The Morgan fingerprint density at radius 2 is 2.17 bits per heavy atom. The third-order valence-corrected chi connectivity index (χ3v) is 3.91. The molecule has 0 aliphatic rings. The lowest BCUT2D eigenvalue weighted by molar-refractivity contribution is -0.113. The Kier molecular flexibility index (Phi) is 4.51. The monoisotopic (exact) mass is 343 g/mol. The summed E-state index contributed by atoms with van der Waals surface area (Å²) in [5, 5.41) is 13.5. The SMILES string of the molecule is N#CSCC(=O)Nc1ccc(Cl)c(-c2nc3ccccc3o2)c1. The van der Waals surface area contributed by atoms with E-state index in [2.05, 4.69) is 10.3 Å². The van der Waals surface area contributed by atoms with Crippen LogP contribution in [0.25, 0.3) is 22.6 Å². The lowest BCUT2D eigenvalue weighted by Gasteiger charge is -2.06. The number of fused-ring (bicyclic) bond motifs is 1. The first-order valence-electron chi connectivity index (χ1n) is 6.63. The number of para-hydroxylation sites is 2. The number of nitriles is 1. The van der Waals surface area contributed by atoms with Crippen molar-refractivity contribution >= 4 is 46.1 Å². The first kappa shape index (κ1) is 15.4. The number of hydrogen-bond acceptors (Lipinski definition) is 5. The fourth-order valence-corrected chi connectivity index (χ4v) is 2.52. The Morgan fingerprint density at radius 3 is 2.96 bits per heavy atom. The Bertz CT molecular complexity index is 884. The van der Waals surface area contributed by atoms with Crippen LogP contribution in [0.4, 0.5) is 5.69 Å². The van der Waals surface area contributed by atoms with Gasteiger partial charge in [-0.1, -0.05) is 23.7 Å². The highest BCUT2D eigenvalue weighted by molar-refractivity contribution is 8.04. The van der Waals surface area contributed by atoms with Gasteiger partial charge < -0.3 is 9.73 Å². The van der Waals surface area contributed by atoms with Crippen LogP contribution in [0.3, 0.4) is 0 Å². The Morgan fingerprint density at radius 1 is 1.35 bits per heavy atom. The first-order valence-corrected chi connectivity index (χ1v) is 8.00. The van der Waals surface area contributed by atoms with Crippen molar-refractivity contribution in [3.8, 4) is 16.9 Å². The van der Waals surface area contributed by atoms with Crippen LogP contribution in [-0.4, -0.2) is 16.6 Å². The topological polar surface area (TPSA) is 78.9 Å². The molecule has 1 aromatic heterocycles. The molecule has 0 saturated heterocycles. The molecule has 0 spiro atoms. The molecule has 23 heavy (non-hydrogen) atoms. The van der Waals surface area contributed by atoms with Crippen molar-refractivity contribution in [2.75, 3.05) is 11.1 Å². The molecule has 5 nitrogen and oxygen atoms in total. The van der Waals surface area contributed by atoms with Gasteiger partial charge in [0.05, 0.1) is 16.3 Å². The maximum Gasteiger partial charge on any atom is 0.235 e. The summed E-state index contributed by atoms with van der Waals surface area (Å²) in [7, 11) is 0. The van der Waals surface area contributed by atoms with E-state index >= 15 is 0 Å². The van der Waals surface area contributed by atoms with Crippen molar-refractivity contribution in [3.05, 3.63) is 47.5 Å². The molecule has 1 heterocycles. The number of rotatable bonds is 4. The van der Waals surface area contributed by atoms with Gasteiger partial charge in [0.25, 0.3) is 0 Å². The average Bonchev–Trinajstić information content (AvgIpc) is 2.98. The van der Waals surface area contributed by atoms with Gasteiger partial charge in [-0.3, -0.25) is 4.79 Å². The van der Waals surface area contributed by atoms with E-state index in [0.717, 1.165) is 17.3 Å². The molecule has 2 aromatic carbocycles. The predicted molar refractivity (Wildman–Crippen MR) is 91.2 cm³/mol. The zero-order valence-electron chi connectivity index (χ0n) is 11.7. The summed E-state index contributed by atoms with van der Waals surface area (Å²) in [6.07, 6.45) is 0. The average molecular weight is 344 g/mol. The predicted octanol–water partition coefficient (Wildman–Crippen LogP) is 4.30. The number of thiocyanates is 1. The largest absolute Gasteiger partial charge is 0.436 e. The zero-order valence-corrected chi connectivity index (χ0v) is 13.3. The van der Waals surface area contributed by atoms with Crippen LogP contribution in [0, 0.1) is 10.7 Å². The van der Waals surface area contributed by atoms with Crippen LogP contribution >= 0.6 is 23.4 Å². The summed E-state index contributed by atoms with van der Waals surface area (Å²) < 4.78 is 5.70. The molecule has 3 aromatic rings. The summed E-state index contributed by atoms with van der Waals surface area (Å²) in [5.74, 6) is 0.193. The van der Waals surface area contributed by atoms with Gasteiger partial charge in [0.1, 0.15) is 10.9 Å². The summed E-state index contributed by atoms with van der Waals surface area (Å²) in [4.78, 5) is 16.1. The molecule has 0 bridgehead atoms. The number of benzene rings is 2. The number of halogens is 1. The van der Waals surface area contributed by atoms with Crippen molar-refractivity contribution < 1.29 is 9.21 Å². The molecule has 114 valence electrons. The first-order chi connectivity index (χ1) is 11.2. The number of aromatic nitrogens is 1. The molecule has 0 unspecified atom stereocenters. The minimum Gasteiger partial charge on any atom is -0.436 e. The molecule has 0 radical (unpaired) electrons. The fraction of sp³-hybridized carbons (Fsp3) is 0.0625. The lowest BCUT2D eigenvalue weighted by atomic mass is 10.2. The molecule has 3 rings (SSSR count). The van der Waals surface area contributed by atoms with Crippen molar-refractivity contribution in [2.24, 2.45) is 0 Å². The van der Waals surface area contributed by atoms with Gasteiger partial charge >= 0.3 is 0 Å². The Labute approximate surface area is 141 Å². The van der Waals surface area contributed by atoms with Gasteiger partial charge in [0.15, 0.2) is 5.58 Å². The quantitative estimate of drug-likeness (QED) is 0.714. The van der Waals surface area contributed by atoms with Gasteiger partial charge in [-0.2, -0.15) is 5.26 Å². The minimum atomic E-state index is -0.262. The third kappa shape index (κ3) is 3.47. The van der Waals surface area contributed by atoms with Crippen molar-refractivity contribution in [1.29, 1.82) is 5.26 Å². The van der Waals surface area contributed by atoms with E-state index in [1.807, 2.05) is 29.7 Å². The second kappa shape index (κ2) is 6.73. The van der Waals surface area contributed by atoms with E-state index in [1.54, 1.807) is 18.2 Å². The number of oxazole rings is 1. The molecular weight excluding hydrogens is 334 g/mol. The molecule has 0 aliphatic heterocycles. The molecule has 1 amide bonds. The molecule has 0 fully saturated rings. The highest BCUT2D eigenvalue weighted by Gasteiger charge is 2.13. The highest BCUT2D eigenvalue weighted by atomic mass is 35.5. The number of carbonyl (C=O) groups excluding carboxylic acids is 1. The van der Waals surface area contributed by atoms with E-state index < -0.39 is 0 Å². The number of carbonyl (C=O) groups is 1. The summed E-state index contributed by atoms with van der Waals surface area (Å²) in [5.41, 5.74) is 2.56. The molecule has 0 aliphatic carbocycles. The molecule has 1 N–H and O–H groups in total. The van der Waals surface area contributed by atoms with E-state index in [0.29, 0.717) is 27.7 Å². The van der Waals surface area contributed by atoms with Crippen LogP contribution in [-0.2, 0) is 4.79 Å². The second-order valence-electron chi connectivity index (χ2n) is 4.61. The minimum absolute atomic E-state index is 0.0668. The van der Waals surface area contributed by atoms with Crippen LogP contribution in [0.15, 0.2) is 46.9 Å². The Hall–Kier alpha value is -2.49. The molecule has 7 heteroatoms. The maximum absolute atomic E-state index is 11.7. The number of thioether (sulfide) groups is 1. The van der Waals surface area contributed by atoms with Gasteiger partial charge in [0.2, 0.25) is 11.8 Å². The smallest absolute Gasteiger partial charge is 0.235 e. The fourth-order valence-electron chi connectivity index (χ4n) is 2.05. The number of anilines is 1. The standard InChI is InChI=1S/C16H10ClN3O2S/c17-12-6-5-10(19-15(21)8-23-9-18)7-11(12)16-20-13-3-1-2-4-14(13)22-16/h1-7H,8H2,(H,19,21). The molecule has 0 atom stereocenters. The molecular formula is C16H10ClN3O2S. The Balaban J connectivity index is 1.91. The summed E-state index contributed by atoms with van der Waals surface area (Å²) in [6.45, 7) is 0. The third-order valence-electron chi connectivity index (χ3n) is 3.04. The van der Waals surface area contributed by atoms with Gasteiger partial charge in [-0.15, -0.1) is 0 Å². The maximum atomic E-state index is 11.7. The van der Waals surface area contributed by atoms with Crippen LogP contribution < -0.4 is 5.32 Å². The van der Waals surface area contributed by atoms with Crippen molar-refractivity contribution in [1.82, 2.24) is 4.98 Å².